The van der Waals surface area contributed by atoms with E-state index in [4.69, 9.17) is 5.73 Å². The zero-order chi connectivity index (χ0) is 18.9. The van der Waals surface area contributed by atoms with Gasteiger partial charge in [-0.15, -0.1) is 12.4 Å². The average Bonchev–Trinajstić information content (AvgIpc) is 2.65. The van der Waals surface area contributed by atoms with E-state index in [1.165, 1.54) is 32.1 Å². The molecule has 4 N–H and O–H groups in total. The summed E-state index contributed by atoms with van der Waals surface area (Å²) >= 11 is 0. The number of hydrogen-bond acceptors (Lipinski definition) is 3. The van der Waals surface area contributed by atoms with E-state index >= 15 is 0 Å². The molecule has 0 bridgehead atoms. The van der Waals surface area contributed by atoms with Gasteiger partial charge >= 0.3 is 6.03 Å². The van der Waals surface area contributed by atoms with Crippen molar-refractivity contribution in [1.29, 1.82) is 0 Å². The van der Waals surface area contributed by atoms with Crippen LogP contribution in [0, 0.1) is 17.8 Å². The standard InChI is InChI=1S/C20H38N4O2.ClH/c1-15(2)13-22-20(26)24-10-6-7-16(14-24)11-19(25)23-18(12-21)17-8-4-3-5-9-17;/h15-18H,3-14,21H2,1-2H3,(H,22,26)(H,23,25);1H. The molecule has 158 valence electrons. The summed E-state index contributed by atoms with van der Waals surface area (Å²) in [4.78, 5) is 26.7. The van der Waals surface area contributed by atoms with Crippen LogP contribution in [0.15, 0.2) is 0 Å². The molecule has 2 atom stereocenters. The number of carbonyl (C=O) groups is 2. The molecule has 1 saturated heterocycles. The van der Waals surface area contributed by atoms with E-state index < -0.39 is 0 Å². The van der Waals surface area contributed by atoms with E-state index in [1.807, 2.05) is 4.90 Å². The molecule has 2 unspecified atom stereocenters. The van der Waals surface area contributed by atoms with Crippen molar-refractivity contribution in [1.82, 2.24) is 15.5 Å². The molecule has 1 heterocycles. The van der Waals surface area contributed by atoms with Gasteiger partial charge in [-0.2, -0.15) is 0 Å². The number of rotatable bonds is 7. The molecule has 1 aliphatic heterocycles. The second-order valence-electron chi connectivity index (χ2n) is 8.55. The van der Waals surface area contributed by atoms with Crippen LogP contribution in [0.25, 0.3) is 0 Å². The molecule has 27 heavy (non-hydrogen) atoms. The maximum absolute atomic E-state index is 12.5. The monoisotopic (exact) mass is 402 g/mol. The van der Waals surface area contributed by atoms with Crippen LogP contribution in [0.4, 0.5) is 4.79 Å². The fraction of sp³-hybridized carbons (Fsp3) is 0.900. The van der Waals surface area contributed by atoms with E-state index in [9.17, 15) is 9.59 Å². The quantitative estimate of drug-likeness (QED) is 0.611. The van der Waals surface area contributed by atoms with Gasteiger partial charge in [0.2, 0.25) is 5.91 Å². The number of halogens is 1. The smallest absolute Gasteiger partial charge is 0.317 e. The fourth-order valence-corrected chi connectivity index (χ4v) is 4.25. The molecule has 0 aromatic heterocycles. The van der Waals surface area contributed by atoms with E-state index in [2.05, 4.69) is 24.5 Å². The summed E-state index contributed by atoms with van der Waals surface area (Å²) in [7, 11) is 0. The summed E-state index contributed by atoms with van der Waals surface area (Å²) in [6.07, 6.45) is 8.63. The molecular formula is C20H39ClN4O2. The van der Waals surface area contributed by atoms with Gasteiger partial charge in [-0.3, -0.25) is 4.79 Å². The van der Waals surface area contributed by atoms with E-state index in [0.717, 1.165) is 19.4 Å². The lowest BCUT2D eigenvalue weighted by Crippen LogP contribution is -2.49. The highest BCUT2D eigenvalue weighted by molar-refractivity contribution is 5.85. The van der Waals surface area contributed by atoms with Crippen LogP contribution >= 0.6 is 12.4 Å². The summed E-state index contributed by atoms with van der Waals surface area (Å²) in [6, 6.07) is 0.114. The lowest BCUT2D eigenvalue weighted by Gasteiger charge is -2.34. The lowest BCUT2D eigenvalue weighted by atomic mass is 9.83. The van der Waals surface area contributed by atoms with Crippen molar-refractivity contribution >= 4 is 24.3 Å². The molecule has 7 heteroatoms. The Balaban J connectivity index is 0.00000364. The Morgan fingerprint density at radius 3 is 2.44 bits per heavy atom. The van der Waals surface area contributed by atoms with Gasteiger partial charge in [0.05, 0.1) is 0 Å². The van der Waals surface area contributed by atoms with Gasteiger partial charge in [-0.1, -0.05) is 33.1 Å². The topological polar surface area (TPSA) is 87.5 Å². The average molecular weight is 403 g/mol. The molecule has 1 aliphatic carbocycles. The summed E-state index contributed by atoms with van der Waals surface area (Å²) in [6.45, 7) is 6.85. The molecule has 0 spiro atoms. The normalized spacial score (nSPS) is 22.1. The molecule has 6 nitrogen and oxygen atoms in total. The molecule has 2 fully saturated rings. The molecule has 1 saturated carbocycles. The third kappa shape index (κ3) is 8.26. The van der Waals surface area contributed by atoms with Crippen molar-refractivity contribution in [3.05, 3.63) is 0 Å². The SMILES string of the molecule is CC(C)CNC(=O)N1CCCC(CC(=O)NC(CN)C2CCCCC2)C1.Cl. The zero-order valence-electron chi connectivity index (χ0n) is 17.0. The van der Waals surface area contributed by atoms with Gasteiger partial charge in [0.25, 0.3) is 0 Å². The van der Waals surface area contributed by atoms with Gasteiger partial charge in [0.15, 0.2) is 0 Å². The van der Waals surface area contributed by atoms with Crippen LogP contribution in [-0.2, 0) is 4.79 Å². The van der Waals surface area contributed by atoms with Crippen molar-refractivity contribution in [2.75, 3.05) is 26.2 Å². The Bertz CT molecular complexity index is 455. The molecule has 2 rings (SSSR count). The maximum atomic E-state index is 12.5. The van der Waals surface area contributed by atoms with Gasteiger partial charge < -0.3 is 21.3 Å². The van der Waals surface area contributed by atoms with Gasteiger partial charge in [0.1, 0.15) is 0 Å². The van der Waals surface area contributed by atoms with Crippen molar-refractivity contribution in [2.24, 2.45) is 23.5 Å². The van der Waals surface area contributed by atoms with Gasteiger partial charge in [-0.05, 0) is 43.4 Å². The number of urea groups is 1. The van der Waals surface area contributed by atoms with Crippen LogP contribution in [0.3, 0.4) is 0 Å². The molecule has 0 aromatic rings. The lowest BCUT2D eigenvalue weighted by molar-refractivity contribution is -0.123. The Hall–Kier alpha value is -1.01. The molecule has 0 radical (unpaired) electrons. The zero-order valence-corrected chi connectivity index (χ0v) is 17.9. The predicted molar refractivity (Wildman–Crippen MR) is 112 cm³/mol. The number of nitrogens with two attached hydrogens (primary N) is 1. The van der Waals surface area contributed by atoms with Crippen LogP contribution in [0.2, 0.25) is 0 Å². The van der Waals surface area contributed by atoms with Crippen molar-refractivity contribution in [2.45, 2.75) is 71.3 Å². The van der Waals surface area contributed by atoms with Crippen LogP contribution in [-0.4, -0.2) is 49.1 Å². The van der Waals surface area contributed by atoms with E-state index in [1.54, 1.807) is 0 Å². The minimum atomic E-state index is 0. The van der Waals surface area contributed by atoms with Gasteiger partial charge in [0, 0.05) is 38.6 Å². The third-order valence-corrected chi connectivity index (χ3v) is 5.76. The molecular weight excluding hydrogens is 364 g/mol. The maximum Gasteiger partial charge on any atom is 0.317 e. The molecule has 3 amide bonds. The Kier molecular flexibility index (Phi) is 11.1. The number of nitrogens with one attached hydrogen (secondary N) is 2. The predicted octanol–water partition coefficient (Wildman–Crippen LogP) is 2.90. The van der Waals surface area contributed by atoms with Crippen LogP contribution < -0.4 is 16.4 Å². The van der Waals surface area contributed by atoms with Crippen LogP contribution in [0.1, 0.15) is 65.2 Å². The summed E-state index contributed by atoms with van der Waals surface area (Å²) in [5, 5.41) is 6.16. The molecule has 2 aliphatic rings. The number of amides is 3. The van der Waals surface area contributed by atoms with Crippen molar-refractivity contribution < 1.29 is 9.59 Å². The summed E-state index contributed by atoms with van der Waals surface area (Å²) < 4.78 is 0. The number of hydrogen-bond donors (Lipinski definition) is 3. The van der Waals surface area contributed by atoms with Gasteiger partial charge in [-0.25, -0.2) is 4.79 Å². The fourth-order valence-electron chi connectivity index (χ4n) is 4.25. The number of piperidine rings is 1. The highest BCUT2D eigenvalue weighted by atomic mass is 35.5. The van der Waals surface area contributed by atoms with Crippen molar-refractivity contribution in [3.8, 4) is 0 Å². The number of nitrogens with zero attached hydrogens (tertiary/aromatic N) is 1. The highest BCUT2D eigenvalue weighted by Crippen LogP contribution is 2.26. The second-order valence-corrected chi connectivity index (χ2v) is 8.55. The Morgan fingerprint density at radius 1 is 1.11 bits per heavy atom. The van der Waals surface area contributed by atoms with E-state index in [-0.39, 0.29) is 36.3 Å². The summed E-state index contributed by atoms with van der Waals surface area (Å²) in [5.41, 5.74) is 5.93. The largest absolute Gasteiger partial charge is 0.352 e. The Labute approximate surface area is 170 Å². The minimum absolute atomic E-state index is 0. The van der Waals surface area contributed by atoms with E-state index in [0.29, 0.717) is 37.9 Å². The Morgan fingerprint density at radius 2 is 1.81 bits per heavy atom. The second kappa shape index (κ2) is 12.4. The first-order chi connectivity index (χ1) is 12.5. The number of likely N-dealkylation sites (tertiary alicyclic amines) is 1. The third-order valence-electron chi connectivity index (χ3n) is 5.76. The highest BCUT2D eigenvalue weighted by Gasteiger charge is 2.28. The first kappa shape index (κ1) is 24.0. The van der Waals surface area contributed by atoms with Crippen molar-refractivity contribution in [3.63, 3.8) is 0 Å². The summed E-state index contributed by atoms with van der Waals surface area (Å²) in [5.74, 6) is 1.32. The molecule has 0 aromatic carbocycles. The first-order valence-corrected chi connectivity index (χ1v) is 10.5. The first-order valence-electron chi connectivity index (χ1n) is 10.5. The number of carbonyl (C=O) groups excluding carboxylic acids is 2. The minimum Gasteiger partial charge on any atom is -0.352 e. The van der Waals surface area contributed by atoms with Crippen LogP contribution in [0.5, 0.6) is 0 Å².